The summed E-state index contributed by atoms with van der Waals surface area (Å²) in [4.78, 5) is 14.3. The van der Waals surface area contributed by atoms with E-state index in [0.717, 1.165) is 45.7 Å². The molecule has 5 heteroatoms. The lowest BCUT2D eigenvalue weighted by molar-refractivity contribution is -0.146. The number of nitrogens with zero attached hydrogens (tertiary/aromatic N) is 1. The van der Waals surface area contributed by atoms with Crippen molar-refractivity contribution < 1.29 is 14.3 Å². The Morgan fingerprint density at radius 3 is 3.00 bits per heavy atom. The molecule has 0 spiro atoms. The Kier molecular flexibility index (Phi) is 6.07. The summed E-state index contributed by atoms with van der Waals surface area (Å²) in [6, 6.07) is 0.387. The van der Waals surface area contributed by atoms with Crippen molar-refractivity contribution in [2.45, 2.75) is 44.7 Å². The lowest BCUT2D eigenvalue weighted by Gasteiger charge is -2.23. The van der Waals surface area contributed by atoms with Crippen molar-refractivity contribution in [1.29, 1.82) is 0 Å². The van der Waals surface area contributed by atoms with E-state index in [9.17, 15) is 4.79 Å². The molecule has 0 aromatic carbocycles. The first-order chi connectivity index (χ1) is 9.29. The molecule has 1 saturated carbocycles. The summed E-state index contributed by atoms with van der Waals surface area (Å²) in [5.74, 6) is -0.0968. The maximum atomic E-state index is 11.9. The van der Waals surface area contributed by atoms with Gasteiger partial charge in [0.15, 0.2) is 0 Å². The summed E-state index contributed by atoms with van der Waals surface area (Å²) in [6.45, 7) is 6.96. The number of carbonyl (C=O) groups excluding carboxylic acids is 1. The van der Waals surface area contributed by atoms with Gasteiger partial charge in [-0.15, -0.1) is 0 Å². The highest BCUT2D eigenvalue weighted by Gasteiger charge is 2.29. The second-order valence-corrected chi connectivity index (χ2v) is 5.34. The number of nitrogens with one attached hydrogen (secondary N) is 1. The first-order valence-corrected chi connectivity index (χ1v) is 7.52. The minimum absolute atomic E-state index is 0.0968. The van der Waals surface area contributed by atoms with Crippen molar-refractivity contribution in [2.75, 3.05) is 39.5 Å². The summed E-state index contributed by atoms with van der Waals surface area (Å²) < 4.78 is 10.6. The van der Waals surface area contributed by atoms with Crippen LogP contribution in [0.3, 0.4) is 0 Å². The van der Waals surface area contributed by atoms with Crippen LogP contribution in [-0.4, -0.2) is 62.4 Å². The fourth-order valence-electron chi connectivity index (χ4n) is 2.38. The molecule has 0 aromatic rings. The molecular formula is C14H26N2O3. The van der Waals surface area contributed by atoms with Crippen LogP contribution >= 0.6 is 0 Å². The molecule has 5 nitrogen and oxygen atoms in total. The van der Waals surface area contributed by atoms with E-state index in [2.05, 4.69) is 10.2 Å². The Labute approximate surface area is 115 Å². The molecule has 1 saturated heterocycles. The van der Waals surface area contributed by atoms with Crippen LogP contribution in [-0.2, 0) is 14.3 Å². The summed E-state index contributed by atoms with van der Waals surface area (Å²) in [5.41, 5.74) is 0. The van der Waals surface area contributed by atoms with Gasteiger partial charge < -0.3 is 19.7 Å². The maximum absolute atomic E-state index is 11.9. The largest absolute Gasteiger partial charge is 0.465 e. The molecule has 1 aliphatic heterocycles. The fourth-order valence-corrected chi connectivity index (χ4v) is 2.38. The molecule has 2 fully saturated rings. The molecule has 1 aliphatic carbocycles. The van der Waals surface area contributed by atoms with E-state index < -0.39 is 0 Å². The van der Waals surface area contributed by atoms with Gasteiger partial charge >= 0.3 is 5.97 Å². The van der Waals surface area contributed by atoms with E-state index in [1.54, 1.807) is 0 Å². The third-order valence-electron chi connectivity index (χ3n) is 3.63. The molecule has 2 aliphatic rings. The van der Waals surface area contributed by atoms with Gasteiger partial charge in [0, 0.05) is 32.3 Å². The lowest BCUT2D eigenvalue weighted by atomic mass is 10.2. The van der Waals surface area contributed by atoms with Gasteiger partial charge in [0.05, 0.1) is 13.2 Å². The molecule has 0 amide bonds. The molecule has 0 aromatic heterocycles. The third-order valence-corrected chi connectivity index (χ3v) is 3.63. The Bertz CT molecular complexity index is 274. The number of rotatable bonds is 7. The molecule has 1 unspecified atom stereocenters. The quantitative estimate of drug-likeness (QED) is 0.693. The van der Waals surface area contributed by atoms with Gasteiger partial charge in [-0.3, -0.25) is 4.79 Å². The lowest BCUT2D eigenvalue weighted by Crippen LogP contribution is -2.42. The van der Waals surface area contributed by atoms with E-state index in [0.29, 0.717) is 12.6 Å². The average molecular weight is 270 g/mol. The van der Waals surface area contributed by atoms with Crippen LogP contribution < -0.4 is 5.32 Å². The minimum Gasteiger partial charge on any atom is -0.465 e. The smallest absolute Gasteiger partial charge is 0.323 e. The van der Waals surface area contributed by atoms with Crippen LogP contribution in [0.25, 0.3) is 0 Å². The Morgan fingerprint density at radius 1 is 1.42 bits per heavy atom. The highest BCUT2D eigenvalue weighted by molar-refractivity contribution is 5.75. The first kappa shape index (κ1) is 14.8. The summed E-state index contributed by atoms with van der Waals surface area (Å²) in [5, 5.41) is 3.40. The predicted molar refractivity (Wildman–Crippen MR) is 73.1 cm³/mol. The van der Waals surface area contributed by atoms with Crippen LogP contribution in [0.5, 0.6) is 0 Å². The summed E-state index contributed by atoms with van der Waals surface area (Å²) >= 11 is 0. The predicted octanol–water partition coefficient (Wildman–Crippen LogP) is 0.783. The SMILES string of the molecule is CCOC(=O)C(CCN1CCCOCC1)NC1CC1. The van der Waals surface area contributed by atoms with E-state index >= 15 is 0 Å². The second kappa shape index (κ2) is 7.82. The van der Waals surface area contributed by atoms with Crippen LogP contribution in [0, 0.1) is 0 Å². The topological polar surface area (TPSA) is 50.8 Å². The van der Waals surface area contributed by atoms with E-state index in [4.69, 9.17) is 9.47 Å². The second-order valence-electron chi connectivity index (χ2n) is 5.34. The normalized spacial score (nSPS) is 22.8. The highest BCUT2D eigenvalue weighted by atomic mass is 16.5. The average Bonchev–Trinajstić information content (AvgIpc) is 3.22. The zero-order valence-electron chi connectivity index (χ0n) is 11.9. The standard InChI is InChI=1S/C14H26N2O3/c1-2-19-14(17)13(15-12-4-5-12)6-8-16-7-3-10-18-11-9-16/h12-13,15H,2-11H2,1H3. The number of carbonyl (C=O) groups is 1. The summed E-state index contributed by atoms with van der Waals surface area (Å²) in [6.07, 6.45) is 4.29. The molecule has 1 atom stereocenters. The van der Waals surface area contributed by atoms with Crippen molar-refractivity contribution in [1.82, 2.24) is 10.2 Å². The number of hydrogen-bond donors (Lipinski definition) is 1. The molecule has 1 N–H and O–H groups in total. The Morgan fingerprint density at radius 2 is 2.26 bits per heavy atom. The van der Waals surface area contributed by atoms with Crippen LogP contribution in [0.15, 0.2) is 0 Å². The number of ether oxygens (including phenoxy) is 2. The minimum atomic E-state index is -0.142. The van der Waals surface area contributed by atoms with Gasteiger partial charge in [0.1, 0.15) is 6.04 Å². The van der Waals surface area contributed by atoms with Crippen molar-refractivity contribution >= 4 is 5.97 Å². The molecule has 0 radical (unpaired) electrons. The van der Waals surface area contributed by atoms with Crippen molar-refractivity contribution in [3.05, 3.63) is 0 Å². The highest BCUT2D eigenvalue weighted by Crippen LogP contribution is 2.20. The molecular weight excluding hydrogens is 244 g/mol. The van der Waals surface area contributed by atoms with Gasteiger partial charge in [0.2, 0.25) is 0 Å². The maximum Gasteiger partial charge on any atom is 0.323 e. The number of esters is 1. The van der Waals surface area contributed by atoms with Crippen LogP contribution in [0.2, 0.25) is 0 Å². The Balaban J connectivity index is 1.75. The van der Waals surface area contributed by atoms with Crippen molar-refractivity contribution in [3.8, 4) is 0 Å². The van der Waals surface area contributed by atoms with Gasteiger partial charge in [-0.05, 0) is 32.6 Å². The third kappa shape index (κ3) is 5.47. The van der Waals surface area contributed by atoms with E-state index in [-0.39, 0.29) is 12.0 Å². The van der Waals surface area contributed by atoms with Crippen molar-refractivity contribution in [3.63, 3.8) is 0 Å². The fraction of sp³-hybridized carbons (Fsp3) is 0.929. The number of hydrogen-bond acceptors (Lipinski definition) is 5. The van der Waals surface area contributed by atoms with Crippen LogP contribution in [0.1, 0.15) is 32.6 Å². The zero-order valence-corrected chi connectivity index (χ0v) is 11.9. The summed E-state index contributed by atoms with van der Waals surface area (Å²) in [7, 11) is 0. The van der Waals surface area contributed by atoms with Gasteiger partial charge in [0.25, 0.3) is 0 Å². The van der Waals surface area contributed by atoms with Crippen molar-refractivity contribution in [2.24, 2.45) is 0 Å². The van der Waals surface area contributed by atoms with E-state index in [1.807, 2.05) is 6.92 Å². The van der Waals surface area contributed by atoms with Gasteiger partial charge in [-0.2, -0.15) is 0 Å². The van der Waals surface area contributed by atoms with Crippen LogP contribution in [0.4, 0.5) is 0 Å². The molecule has 1 heterocycles. The molecule has 2 rings (SSSR count). The monoisotopic (exact) mass is 270 g/mol. The molecule has 110 valence electrons. The zero-order chi connectivity index (χ0) is 13.5. The van der Waals surface area contributed by atoms with Gasteiger partial charge in [-0.1, -0.05) is 0 Å². The molecule has 19 heavy (non-hydrogen) atoms. The Hall–Kier alpha value is -0.650. The molecule has 0 bridgehead atoms. The first-order valence-electron chi connectivity index (χ1n) is 7.52. The van der Waals surface area contributed by atoms with Gasteiger partial charge in [-0.25, -0.2) is 0 Å². The van der Waals surface area contributed by atoms with E-state index in [1.165, 1.54) is 12.8 Å².